The zero-order chi connectivity index (χ0) is 16.1. The van der Waals surface area contributed by atoms with Gasteiger partial charge in [-0.05, 0) is 12.5 Å². The van der Waals surface area contributed by atoms with Crippen molar-refractivity contribution in [2.75, 3.05) is 32.7 Å². The third-order valence-electron chi connectivity index (χ3n) is 4.07. The van der Waals surface area contributed by atoms with Crippen LogP contribution in [0.15, 0.2) is 47.2 Å². The molecule has 1 amide bonds. The number of amides is 1. The van der Waals surface area contributed by atoms with Crippen molar-refractivity contribution in [3.05, 3.63) is 59.8 Å². The number of carbonyl (C=O) groups excluding carboxylic acids is 1. The molecule has 3 rings (SSSR count). The molecule has 0 aliphatic carbocycles. The van der Waals surface area contributed by atoms with Crippen LogP contribution in [0.1, 0.15) is 21.8 Å². The predicted molar refractivity (Wildman–Crippen MR) is 89.1 cm³/mol. The molecule has 1 fully saturated rings. The molecule has 2 aromatic rings. The van der Waals surface area contributed by atoms with Gasteiger partial charge in [0.2, 0.25) is 5.76 Å². The predicted octanol–water partition coefficient (Wildman–Crippen LogP) is 2.45. The lowest BCUT2D eigenvalue weighted by molar-refractivity contribution is 0.0618. The molecule has 1 aliphatic rings. The Morgan fingerprint density at radius 3 is 2.61 bits per heavy atom. The Hall–Kier alpha value is -2.40. The molecule has 1 aromatic heterocycles. The molecule has 120 valence electrons. The summed E-state index contributed by atoms with van der Waals surface area (Å²) in [5.74, 6) is 0.307. The highest BCUT2D eigenvalue weighted by Gasteiger charge is 2.25. The summed E-state index contributed by atoms with van der Waals surface area (Å²) in [5.41, 5.74) is 1.87. The summed E-state index contributed by atoms with van der Waals surface area (Å²) in [6.45, 7) is 5.88. The van der Waals surface area contributed by atoms with Gasteiger partial charge >= 0.3 is 0 Å². The van der Waals surface area contributed by atoms with Crippen LogP contribution in [0.2, 0.25) is 0 Å². The minimum absolute atomic E-state index is 0.0560. The Morgan fingerprint density at radius 1 is 1.22 bits per heavy atom. The first-order valence-corrected chi connectivity index (χ1v) is 7.87. The maximum Gasteiger partial charge on any atom is 0.291 e. The number of rotatable bonds is 4. The van der Waals surface area contributed by atoms with Gasteiger partial charge in [0.15, 0.2) is 6.39 Å². The van der Waals surface area contributed by atoms with Crippen molar-refractivity contribution in [2.45, 2.75) is 6.92 Å². The molecule has 0 unspecified atom stereocenters. The third kappa shape index (κ3) is 3.87. The van der Waals surface area contributed by atoms with Crippen molar-refractivity contribution in [1.29, 1.82) is 0 Å². The van der Waals surface area contributed by atoms with Gasteiger partial charge in [0.05, 0.1) is 5.69 Å². The number of carbonyl (C=O) groups is 1. The van der Waals surface area contributed by atoms with Gasteiger partial charge in [-0.15, -0.1) is 0 Å². The molecule has 23 heavy (non-hydrogen) atoms. The standard InChI is InChI=1S/C18H21N3O2/c1-15-17(23-14-19-15)18(22)21-12-10-20(11-13-21)9-5-8-16-6-3-2-4-7-16/h2-8,14H,9-13H2,1H3/b8-5+. The highest BCUT2D eigenvalue weighted by molar-refractivity contribution is 5.92. The van der Waals surface area contributed by atoms with Crippen molar-refractivity contribution in [3.8, 4) is 0 Å². The molecule has 5 nitrogen and oxygen atoms in total. The number of aryl methyl sites for hydroxylation is 1. The van der Waals surface area contributed by atoms with Gasteiger partial charge < -0.3 is 9.32 Å². The quantitative estimate of drug-likeness (QED) is 0.870. The van der Waals surface area contributed by atoms with E-state index in [1.165, 1.54) is 12.0 Å². The Balaban J connectivity index is 1.48. The number of benzene rings is 1. The third-order valence-corrected chi connectivity index (χ3v) is 4.07. The van der Waals surface area contributed by atoms with Gasteiger partial charge in [0, 0.05) is 32.7 Å². The second-order valence-electron chi connectivity index (χ2n) is 5.67. The van der Waals surface area contributed by atoms with E-state index in [0.29, 0.717) is 11.5 Å². The van der Waals surface area contributed by atoms with Gasteiger partial charge in [-0.2, -0.15) is 0 Å². The van der Waals surface area contributed by atoms with Crippen LogP contribution < -0.4 is 0 Å². The van der Waals surface area contributed by atoms with Crippen LogP contribution >= 0.6 is 0 Å². The van der Waals surface area contributed by atoms with Crippen molar-refractivity contribution in [2.24, 2.45) is 0 Å². The molecule has 0 N–H and O–H groups in total. The average Bonchev–Trinajstić information content (AvgIpc) is 3.02. The first kappa shape index (κ1) is 15.5. The summed E-state index contributed by atoms with van der Waals surface area (Å²) in [4.78, 5) is 20.5. The van der Waals surface area contributed by atoms with Crippen LogP contribution in [-0.2, 0) is 0 Å². The maximum atomic E-state index is 12.3. The van der Waals surface area contributed by atoms with Crippen LogP contribution in [0.4, 0.5) is 0 Å². The van der Waals surface area contributed by atoms with Crippen molar-refractivity contribution >= 4 is 12.0 Å². The van der Waals surface area contributed by atoms with E-state index in [1.807, 2.05) is 23.1 Å². The van der Waals surface area contributed by atoms with Gasteiger partial charge in [-0.3, -0.25) is 9.69 Å². The van der Waals surface area contributed by atoms with E-state index in [9.17, 15) is 4.79 Å². The number of oxazole rings is 1. The molecule has 0 saturated carbocycles. The minimum Gasteiger partial charge on any atom is -0.438 e. The fourth-order valence-electron chi connectivity index (χ4n) is 2.69. The van der Waals surface area contributed by atoms with Gasteiger partial charge in [0.25, 0.3) is 5.91 Å². The van der Waals surface area contributed by atoms with E-state index >= 15 is 0 Å². The smallest absolute Gasteiger partial charge is 0.291 e. The second-order valence-corrected chi connectivity index (χ2v) is 5.67. The zero-order valence-electron chi connectivity index (χ0n) is 13.3. The fraction of sp³-hybridized carbons (Fsp3) is 0.333. The van der Waals surface area contributed by atoms with Crippen LogP contribution in [0.3, 0.4) is 0 Å². The summed E-state index contributed by atoms with van der Waals surface area (Å²) >= 11 is 0. The number of hydrogen-bond donors (Lipinski definition) is 0. The van der Waals surface area contributed by atoms with Gasteiger partial charge in [0.1, 0.15) is 0 Å². The van der Waals surface area contributed by atoms with Crippen LogP contribution in [0.5, 0.6) is 0 Å². The second kappa shape index (κ2) is 7.24. The zero-order valence-corrected chi connectivity index (χ0v) is 13.3. The Labute approximate surface area is 136 Å². The average molecular weight is 311 g/mol. The summed E-state index contributed by atoms with van der Waals surface area (Å²) < 4.78 is 5.19. The van der Waals surface area contributed by atoms with Crippen molar-refractivity contribution < 1.29 is 9.21 Å². The molecule has 2 heterocycles. The normalized spacial score (nSPS) is 16.1. The van der Waals surface area contributed by atoms with E-state index in [0.717, 1.165) is 32.7 Å². The molecule has 1 aromatic carbocycles. The summed E-state index contributed by atoms with van der Waals surface area (Å²) in [6, 6.07) is 10.3. The summed E-state index contributed by atoms with van der Waals surface area (Å²) in [6.07, 6.45) is 5.63. The van der Waals surface area contributed by atoms with Gasteiger partial charge in [-0.25, -0.2) is 4.98 Å². The molecular weight excluding hydrogens is 290 g/mol. The van der Waals surface area contributed by atoms with Crippen LogP contribution in [0.25, 0.3) is 6.08 Å². The molecule has 1 aliphatic heterocycles. The van der Waals surface area contributed by atoms with Crippen molar-refractivity contribution in [1.82, 2.24) is 14.8 Å². The summed E-state index contributed by atoms with van der Waals surface area (Å²) in [7, 11) is 0. The van der Waals surface area contributed by atoms with E-state index in [2.05, 4.69) is 34.2 Å². The molecule has 0 atom stereocenters. The van der Waals surface area contributed by atoms with Gasteiger partial charge in [-0.1, -0.05) is 42.5 Å². The largest absolute Gasteiger partial charge is 0.438 e. The Kier molecular flexibility index (Phi) is 4.88. The first-order chi connectivity index (χ1) is 11.2. The first-order valence-electron chi connectivity index (χ1n) is 7.87. The monoisotopic (exact) mass is 311 g/mol. The molecule has 5 heteroatoms. The van der Waals surface area contributed by atoms with Crippen LogP contribution in [-0.4, -0.2) is 53.4 Å². The number of hydrogen-bond acceptors (Lipinski definition) is 4. The lowest BCUT2D eigenvalue weighted by Crippen LogP contribution is -2.48. The van der Waals surface area contributed by atoms with E-state index in [-0.39, 0.29) is 5.91 Å². The number of aromatic nitrogens is 1. The van der Waals surface area contributed by atoms with E-state index < -0.39 is 0 Å². The SMILES string of the molecule is Cc1ncoc1C(=O)N1CCN(C/C=C/c2ccccc2)CC1. The molecular formula is C18H21N3O2. The molecule has 1 saturated heterocycles. The minimum atomic E-state index is -0.0560. The number of piperazine rings is 1. The lowest BCUT2D eigenvalue weighted by Gasteiger charge is -2.33. The summed E-state index contributed by atoms with van der Waals surface area (Å²) in [5, 5.41) is 0. The number of nitrogens with zero attached hydrogens (tertiary/aromatic N) is 3. The highest BCUT2D eigenvalue weighted by atomic mass is 16.3. The Morgan fingerprint density at radius 2 is 1.96 bits per heavy atom. The fourth-order valence-corrected chi connectivity index (χ4v) is 2.69. The molecule has 0 bridgehead atoms. The van der Waals surface area contributed by atoms with Crippen molar-refractivity contribution in [3.63, 3.8) is 0 Å². The highest BCUT2D eigenvalue weighted by Crippen LogP contribution is 2.12. The topological polar surface area (TPSA) is 49.6 Å². The molecule has 0 radical (unpaired) electrons. The van der Waals surface area contributed by atoms with Crippen LogP contribution in [0, 0.1) is 6.92 Å². The lowest BCUT2D eigenvalue weighted by atomic mass is 10.2. The van der Waals surface area contributed by atoms with E-state index in [4.69, 9.17) is 4.42 Å². The Bertz CT molecular complexity index is 671. The van der Waals surface area contributed by atoms with E-state index in [1.54, 1.807) is 6.92 Å². The maximum absolute atomic E-state index is 12.3. The molecule has 0 spiro atoms.